The number of carbonyl (C=O) groups excluding carboxylic acids is 2. The van der Waals surface area contributed by atoms with Gasteiger partial charge in [0, 0.05) is 31.0 Å². The van der Waals surface area contributed by atoms with Crippen molar-refractivity contribution in [1.29, 1.82) is 0 Å². The molecule has 3 rings (SSSR count). The van der Waals surface area contributed by atoms with Gasteiger partial charge in [-0.05, 0) is 42.5 Å². The number of nitrogens with two attached hydrogens (primary N) is 1. The molecule has 2 aromatic rings. The van der Waals surface area contributed by atoms with Crippen LogP contribution in [0.2, 0.25) is 5.02 Å². The van der Waals surface area contributed by atoms with Crippen LogP contribution in [0.3, 0.4) is 0 Å². The summed E-state index contributed by atoms with van der Waals surface area (Å²) in [4.78, 5) is 25.6. The molecule has 0 atom stereocenters. The van der Waals surface area contributed by atoms with Crippen molar-refractivity contribution in [3.63, 3.8) is 0 Å². The maximum atomic E-state index is 12.9. The molecule has 1 aliphatic rings. The van der Waals surface area contributed by atoms with Gasteiger partial charge in [0.2, 0.25) is 0 Å². The van der Waals surface area contributed by atoms with Crippen LogP contribution < -0.4 is 15.2 Å². The Labute approximate surface area is 167 Å². The quantitative estimate of drug-likeness (QED) is 0.799. The van der Waals surface area contributed by atoms with E-state index in [-0.39, 0.29) is 35.7 Å². The van der Waals surface area contributed by atoms with Gasteiger partial charge in [-0.2, -0.15) is 0 Å². The van der Waals surface area contributed by atoms with Gasteiger partial charge >= 0.3 is 0 Å². The molecule has 2 N–H and O–H groups in total. The maximum absolute atomic E-state index is 12.9. The topological polar surface area (TPSA) is 81.9 Å². The van der Waals surface area contributed by atoms with Crippen molar-refractivity contribution in [2.75, 3.05) is 19.7 Å². The van der Waals surface area contributed by atoms with Gasteiger partial charge in [-0.25, -0.2) is 4.39 Å². The Morgan fingerprint density at radius 2 is 1.82 bits per heavy atom. The number of likely N-dealkylation sites (tertiary alicyclic amines) is 1. The van der Waals surface area contributed by atoms with Crippen LogP contribution in [0, 0.1) is 5.82 Å². The third-order valence-electron chi connectivity index (χ3n) is 4.47. The first-order valence-electron chi connectivity index (χ1n) is 8.84. The summed E-state index contributed by atoms with van der Waals surface area (Å²) in [5, 5.41) is 0.357. The normalized spacial score (nSPS) is 14.6. The third kappa shape index (κ3) is 5.13. The number of piperidine rings is 1. The highest BCUT2D eigenvalue weighted by Gasteiger charge is 2.24. The van der Waals surface area contributed by atoms with E-state index in [9.17, 15) is 14.0 Å². The number of benzene rings is 2. The van der Waals surface area contributed by atoms with Crippen molar-refractivity contribution >= 4 is 23.4 Å². The average Bonchev–Trinajstić information content (AvgIpc) is 2.69. The number of hydrogen-bond acceptors (Lipinski definition) is 4. The number of rotatable bonds is 6. The maximum Gasteiger partial charge on any atom is 0.260 e. The molecule has 0 radical (unpaired) electrons. The second-order valence-electron chi connectivity index (χ2n) is 6.45. The highest BCUT2D eigenvalue weighted by Crippen LogP contribution is 2.23. The van der Waals surface area contributed by atoms with Crippen molar-refractivity contribution in [3.05, 3.63) is 58.9 Å². The number of ether oxygens (including phenoxy) is 2. The van der Waals surface area contributed by atoms with Gasteiger partial charge in [0.25, 0.3) is 11.8 Å². The predicted octanol–water partition coefficient (Wildman–Crippen LogP) is 3.03. The smallest absolute Gasteiger partial charge is 0.260 e. The zero-order chi connectivity index (χ0) is 20.1. The third-order valence-corrected chi connectivity index (χ3v) is 4.70. The molecule has 0 saturated carbocycles. The largest absolute Gasteiger partial charge is 0.490 e. The average molecular weight is 407 g/mol. The number of primary amides is 1. The first-order valence-corrected chi connectivity index (χ1v) is 9.22. The standard InChI is InChI=1S/C20H20ClFN2O4/c21-13-1-6-18(17(11-13)20(23)26)27-12-19(25)24-9-7-16(8-10-24)28-15-4-2-14(22)3-5-15/h1-6,11,16H,7-10,12H2,(H2,23,26). The van der Waals surface area contributed by atoms with Gasteiger partial charge in [0.1, 0.15) is 23.4 Å². The van der Waals surface area contributed by atoms with Gasteiger partial charge in [-0.15, -0.1) is 0 Å². The number of carbonyl (C=O) groups is 2. The predicted molar refractivity (Wildman–Crippen MR) is 102 cm³/mol. The molecule has 0 bridgehead atoms. The van der Waals surface area contributed by atoms with Crippen molar-refractivity contribution < 1.29 is 23.5 Å². The van der Waals surface area contributed by atoms with Gasteiger partial charge < -0.3 is 20.1 Å². The monoisotopic (exact) mass is 406 g/mol. The van der Waals surface area contributed by atoms with Crippen LogP contribution >= 0.6 is 11.6 Å². The lowest BCUT2D eigenvalue weighted by molar-refractivity contribution is -0.135. The molecule has 2 amide bonds. The molecular weight excluding hydrogens is 387 g/mol. The van der Waals surface area contributed by atoms with E-state index in [0.717, 1.165) is 0 Å². The van der Waals surface area contributed by atoms with E-state index >= 15 is 0 Å². The Morgan fingerprint density at radius 3 is 2.46 bits per heavy atom. The summed E-state index contributed by atoms with van der Waals surface area (Å²) in [5.41, 5.74) is 5.44. The number of hydrogen-bond donors (Lipinski definition) is 1. The summed E-state index contributed by atoms with van der Waals surface area (Å²) in [6, 6.07) is 10.4. The van der Waals surface area contributed by atoms with E-state index in [0.29, 0.717) is 36.7 Å². The molecule has 148 valence electrons. The Balaban J connectivity index is 1.49. The molecule has 0 aromatic heterocycles. The van der Waals surface area contributed by atoms with Crippen LogP contribution in [0.15, 0.2) is 42.5 Å². The van der Waals surface area contributed by atoms with Gasteiger partial charge in [-0.1, -0.05) is 11.6 Å². The van der Waals surface area contributed by atoms with Crippen molar-refractivity contribution in [2.24, 2.45) is 5.73 Å². The lowest BCUT2D eigenvalue weighted by Crippen LogP contribution is -2.43. The van der Waals surface area contributed by atoms with Crippen LogP contribution in [-0.4, -0.2) is 42.5 Å². The van der Waals surface area contributed by atoms with E-state index in [4.69, 9.17) is 26.8 Å². The summed E-state index contributed by atoms with van der Waals surface area (Å²) in [5.74, 6) is -0.349. The molecule has 1 aliphatic heterocycles. The Bertz CT molecular complexity index is 852. The molecule has 8 heteroatoms. The molecule has 2 aromatic carbocycles. The minimum absolute atomic E-state index is 0.0341. The van der Waals surface area contributed by atoms with E-state index in [1.165, 1.54) is 24.3 Å². The highest BCUT2D eigenvalue weighted by atomic mass is 35.5. The molecular formula is C20H20ClFN2O4. The van der Waals surface area contributed by atoms with Crippen LogP contribution in [0.5, 0.6) is 11.5 Å². The summed E-state index contributed by atoms with van der Waals surface area (Å²) in [7, 11) is 0. The summed E-state index contributed by atoms with van der Waals surface area (Å²) < 4.78 is 24.3. The van der Waals surface area contributed by atoms with E-state index in [1.807, 2.05) is 0 Å². The first-order chi connectivity index (χ1) is 13.4. The van der Waals surface area contributed by atoms with Crippen molar-refractivity contribution in [1.82, 2.24) is 4.90 Å². The highest BCUT2D eigenvalue weighted by molar-refractivity contribution is 6.31. The second-order valence-corrected chi connectivity index (χ2v) is 6.88. The van der Waals surface area contributed by atoms with Gasteiger partial charge in [0.05, 0.1) is 5.56 Å². The SMILES string of the molecule is NC(=O)c1cc(Cl)ccc1OCC(=O)N1CCC(Oc2ccc(F)cc2)CC1. The molecule has 0 aliphatic carbocycles. The zero-order valence-electron chi connectivity index (χ0n) is 15.1. The second kappa shape index (κ2) is 8.93. The minimum atomic E-state index is -0.677. The number of amides is 2. The molecule has 1 heterocycles. The minimum Gasteiger partial charge on any atom is -0.490 e. The lowest BCUT2D eigenvalue weighted by atomic mass is 10.1. The Kier molecular flexibility index (Phi) is 6.36. The van der Waals surface area contributed by atoms with Crippen LogP contribution in [0.25, 0.3) is 0 Å². The zero-order valence-corrected chi connectivity index (χ0v) is 15.8. The summed E-state index contributed by atoms with van der Waals surface area (Å²) in [6.07, 6.45) is 1.29. The van der Waals surface area contributed by atoms with Crippen molar-refractivity contribution in [2.45, 2.75) is 18.9 Å². The first kappa shape index (κ1) is 19.9. The molecule has 1 fully saturated rings. The van der Waals surface area contributed by atoms with E-state index in [1.54, 1.807) is 23.1 Å². The van der Waals surface area contributed by atoms with Crippen LogP contribution in [-0.2, 0) is 4.79 Å². The fourth-order valence-electron chi connectivity index (χ4n) is 2.98. The molecule has 28 heavy (non-hydrogen) atoms. The van der Waals surface area contributed by atoms with E-state index in [2.05, 4.69) is 0 Å². The number of halogens is 2. The molecule has 0 spiro atoms. The van der Waals surface area contributed by atoms with Crippen LogP contribution in [0.4, 0.5) is 4.39 Å². The summed E-state index contributed by atoms with van der Waals surface area (Å²) >= 11 is 5.86. The molecule has 6 nitrogen and oxygen atoms in total. The van der Waals surface area contributed by atoms with E-state index < -0.39 is 5.91 Å². The van der Waals surface area contributed by atoms with Crippen molar-refractivity contribution in [3.8, 4) is 11.5 Å². The number of nitrogens with zero attached hydrogens (tertiary/aromatic N) is 1. The fourth-order valence-corrected chi connectivity index (χ4v) is 3.15. The Morgan fingerprint density at radius 1 is 1.14 bits per heavy atom. The lowest BCUT2D eigenvalue weighted by Gasteiger charge is -2.32. The van der Waals surface area contributed by atoms with Gasteiger partial charge in [-0.3, -0.25) is 9.59 Å². The molecule has 0 unspecified atom stereocenters. The Hall–Kier alpha value is -2.80. The van der Waals surface area contributed by atoms with Crippen LogP contribution in [0.1, 0.15) is 23.2 Å². The fraction of sp³-hybridized carbons (Fsp3) is 0.300. The summed E-state index contributed by atoms with van der Waals surface area (Å²) in [6.45, 7) is 0.847. The van der Waals surface area contributed by atoms with Gasteiger partial charge in [0.15, 0.2) is 6.61 Å². The molecule has 1 saturated heterocycles.